The fraction of sp³-hybridized carbons (Fsp3) is 0.550. The van der Waals surface area contributed by atoms with Crippen LogP contribution in [0.5, 0.6) is 0 Å². The number of nitrogens with two attached hydrogens (primary N) is 1. The van der Waals surface area contributed by atoms with Gasteiger partial charge < -0.3 is 24.8 Å². The van der Waals surface area contributed by atoms with E-state index in [0.717, 1.165) is 5.56 Å². The lowest BCUT2D eigenvalue weighted by Gasteiger charge is -2.33. The van der Waals surface area contributed by atoms with Crippen molar-refractivity contribution in [3.63, 3.8) is 0 Å². The number of hydrogen-bond acceptors (Lipinski definition) is 11. The maximum Gasteiger partial charge on any atom is 0.297 e. The molecule has 4 unspecified atom stereocenters. The van der Waals surface area contributed by atoms with E-state index in [9.17, 15) is 8.42 Å². The largest absolute Gasteiger partial charge is 0.385 e. The summed E-state index contributed by atoms with van der Waals surface area (Å²) in [5, 5.41) is 0. The standard InChI is InChI=1S/C20H25N5O6S/c1-11-4-6-12(7-5-11)32(26,27)28-8-13-15-16(31-20(2,3)30-15)19(29-13)25-10-24-14-17(21)22-9-23-18(14)25/h4-7,9-10,13-16,18-19H,8H2,1-3H3,(H2,21,22,23)/t13?,14?,15-,16-,18?,19?/m1/s1. The van der Waals surface area contributed by atoms with Crippen LogP contribution in [-0.2, 0) is 28.5 Å². The van der Waals surface area contributed by atoms with E-state index in [-0.39, 0.29) is 11.5 Å². The molecule has 0 aromatic heterocycles. The molecule has 2 fully saturated rings. The minimum absolute atomic E-state index is 0.0824. The molecule has 0 aliphatic carbocycles. The predicted octanol–water partition coefficient (Wildman–Crippen LogP) is 0.383. The molecule has 2 N–H and O–H groups in total. The molecule has 4 heterocycles. The third-order valence-electron chi connectivity index (χ3n) is 5.79. The van der Waals surface area contributed by atoms with Crippen molar-refractivity contribution < 1.29 is 26.8 Å². The minimum atomic E-state index is -3.96. The SMILES string of the molecule is Cc1ccc(S(=O)(=O)OCC2OC(N3C=NC4C(N)=NC=NC43)[C@@H]3OC(C)(C)O[C@H]23)cc1. The zero-order valence-electron chi connectivity index (χ0n) is 17.9. The number of hydrogen-bond donors (Lipinski definition) is 1. The number of aliphatic imine (C=N–C) groups is 3. The Morgan fingerprint density at radius 3 is 2.62 bits per heavy atom. The van der Waals surface area contributed by atoms with Gasteiger partial charge in [-0.25, -0.2) is 9.98 Å². The smallest absolute Gasteiger partial charge is 0.297 e. The highest BCUT2D eigenvalue weighted by atomic mass is 32.2. The highest BCUT2D eigenvalue weighted by Gasteiger charge is 2.58. The van der Waals surface area contributed by atoms with Gasteiger partial charge in [0.25, 0.3) is 10.1 Å². The molecule has 0 radical (unpaired) electrons. The molecular formula is C20H25N5O6S. The number of rotatable bonds is 5. The summed E-state index contributed by atoms with van der Waals surface area (Å²) >= 11 is 0. The second kappa shape index (κ2) is 7.59. The Morgan fingerprint density at radius 1 is 1.16 bits per heavy atom. The third-order valence-corrected chi connectivity index (χ3v) is 7.09. The molecule has 4 aliphatic rings. The second-order valence-corrected chi connectivity index (χ2v) is 10.2. The molecule has 172 valence electrons. The van der Waals surface area contributed by atoms with Crippen molar-refractivity contribution in [1.29, 1.82) is 0 Å². The van der Waals surface area contributed by atoms with Crippen molar-refractivity contribution in [3.8, 4) is 0 Å². The fourth-order valence-electron chi connectivity index (χ4n) is 4.27. The van der Waals surface area contributed by atoms with E-state index in [4.69, 9.17) is 24.1 Å². The van der Waals surface area contributed by atoms with Crippen LogP contribution in [0.1, 0.15) is 19.4 Å². The second-order valence-electron chi connectivity index (χ2n) is 8.57. The van der Waals surface area contributed by atoms with E-state index >= 15 is 0 Å². The van der Waals surface area contributed by atoms with Crippen LogP contribution >= 0.6 is 0 Å². The monoisotopic (exact) mass is 463 g/mol. The van der Waals surface area contributed by atoms with Crippen molar-refractivity contribution >= 4 is 28.6 Å². The summed E-state index contributed by atoms with van der Waals surface area (Å²) in [4.78, 5) is 14.7. The molecule has 0 spiro atoms. The van der Waals surface area contributed by atoms with Crippen LogP contribution in [0.4, 0.5) is 0 Å². The summed E-state index contributed by atoms with van der Waals surface area (Å²) < 4.78 is 49.0. The van der Waals surface area contributed by atoms with Gasteiger partial charge in [0.15, 0.2) is 18.2 Å². The normalized spacial score (nSPS) is 35.1. The topological polar surface area (TPSA) is 137 Å². The van der Waals surface area contributed by atoms with E-state index in [1.807, 2.05) is 6.92 Å². The summed E-state index contributed by atoms with van der Waals surface area (Å²) in [6.45, 7) is 5.26. The molecule has 5 rings (SSSR count). The van der Waals surface area contributed by atoms with Gasteiger partial charge in [-0.1, -0.05) is 17.7 Å². The number of aryl methyl sites for hydroxylation is 1. The summed E-state index contributed by atoms with van der Waals surface area (Å²) in [7, 11) is -3.96. The van der Waals surface area contributed by atoms with Crippen molar-refractivity contribution in [3.05, 3.63) is 29.8 Å². The molecule has 1 aromatic rings. The van der Waals surface area contributed by atoms with Gasteiger partial charge in [-0.15, -0.1) is 0 Å². The van der Waals surface area contributed by atoms with E-state index < -0.39 is 52.7 Å². The summed E-state index contributed by atoms with van der Waals surface area (Å²) in [5.41, 5.74) is 6.91. The maximum atomic E-state index is 12.7. The van der Waals surface area contributed by atoms with Crippen molar-refractivity contribution in [2.24, 2.45) is 20.7 Å². The van der Waals surface area contributed by atoms with Crippen LogP contribution in [-0.4, -0.2) is 81.0 Å². The average Bonchev–Trinajstić information content (AvgIpc) is 3.38. The Labute approximate surface area is 186 Å². The highest BCUT2D eigenvalue weighted by molar-refractivity contribution is 7.86. The molecule has 0 bridgehead atoms. The van der Waals surface area contributed by atoms with Gasteiger partial charge in [0.05, 0.1) is 17.8 Å². The van der Waals surface area contributed by atoms with Gasteiger partial charge in [0, 0.05) is 0 Å². The first kappa shape index (κ1) is 21.5. The first-order chi connectivity index (χ1) is 15.1. The number of ether oxygens (including phenoxy) is 3. The van der Waals surface area contributed by atoms with Gasteiger partial charge in [0.2, 0.25) is 0 Å². The van der Waals surface area contributed by atoms with Crippen molar-refractivity contribution in [1.82, 2.24) is 4.90 Å². The van der Waals surface area contributed by atoms with Crippen molar-refractivity contribution in [2.75, 3.05) is 6.61 Å². The Kier molecular flexibility index (Phi) is 5.09. The number of fused-ring (bicyclic) bond motifs is 2. The lowest BCUT2D eigenvalue weighted by molar-refractivity contribution is -0.203. The quantitative estimate of drug-likeness (QED) is 0.619. The third kappa shape index (κ3) is 3.71. The van der Waals surface area contributed by atoms with E-state index in [0.29, 0.717) is 5.84 Å². The van der Waals surface area contributed by atoms with E-state index in [1.54, 1.807) is 37.2 Å². The van der Waals surface area contributed by atoms with Gasteiger partial charge >= 0.3 is 0 Å². The highest BCUT2D eigenvalue weighted by Crippen LogP contribution is 2.41. The number of nitrogens with zero attached hydrogens (tertiary/aromatic N) is 4. The van der Waals surface area contributed by atoms with Crippen LogP contribution in [0.2, 0.25) is 0 Å². The molecule has 2 saturated heterocycles. The predicted molar refractivity (Wildman–Crippen MR) is 115 cm³/mol. The maximum absolute atomic E-state index is 12.7. The van der Waals surface area contributed by atoms with E-state index in [2.05, 4.69) is 15.0 Å². The molecule has 0 amide bonds. The van der Waals surface area contributed by atoms with Gasteiger partial charge in [-0.05, 0) is 32.9 Å². The lowest BCUT2D eigenvalue weighted by atomic mass is 10.1. The summed E-state index contributed by atoms with van der Waals surface area (Å²) in [6.07, 6.45) is 0.271. The lowest BCUT2D eigenvalue weighted by Crippen LogP contribution is -2.51. The Hall–Kier alpha value is -2.38. The first-order valence-electron chi connectivity index (χ1n) is 10.3. The number of benzene rings is 1. The molecule has 4 aliphatic heterocycles. The molecule has 11 nitrogen and oxygen atoms in total. The molecule has 6 atom stereocenters. The fourth-order valence-corrected chi connectivity index (χ4v) is 5.19. The first-order valence-corrected chi connectivity index (χ1v) is 11.7. The van der Waals surface area contributed by atoms with E-state index in [1.165, 1.54) is 18.5 Å². The van der Waals surface area contributed by atoms with Crippen LogP contribution < -0.4 is 5.73 Å². The Bertz CT molecular complexity index is 1090. The molecule has 32 heavy (non-hydrogen) atoms. The minimum Gasteiger partial charge on any atom is -0.385 e. The average molecular weight is 464 g/mol. The zero-order valence-corrected chi connectivity index (χ0v) is 18.7. The summed E-state index contributed by atoms with van der Waals surface area (Å²) in [5.74, 6) is -0.496. The number of amidine groups is 1. The Morgan fingerprint density at radius 2 is 1.88 bits per heavy atom. The molecule has 0 saturated carbocycles. The zero-order chi connectivity index (χ0) is 22.7. The Balaban J connectivity index is 1.34. The molecule has 12 heteroatoms. The molecule has 1 aromatic carbocycles. The van der Waals surface area contributed by atoms with Gasteiger partial charge in [0.1, 0.15) is 36.5 Å². The van der Waals surface area contributed by atoms with Crippen LogP contribution in [0, 0.1) is 6.92 Å². The molecular weight excluding hydrogens is 438 g/mol. The van der Waals surface area contributed by atoms with Crippen LogP contribution in [0.15, 0.2) is 44.1 Å². The van der Waals surface area contributed by atoms with Crippen molar-refractivity contribution in [2.45, 2.75) is 68.2 Å². The van der Waals surface area contributed by atoms with Gasteiger partial charge in [-0.2, -0.15) is 8.42 Å². The van der Waals surface area contributed by atoms with Crippen LogP contribution in [0.3, 0.4) is 0 Å². The van der Waals surface area contributed by atoms with Gasteiger partial charge in [-0.3, -0.25) is 9.18 Å². The summed E-state index contributed by atoms with van der Waals surface area (Å²) in [6, 6.07) is 6.05. The van der Waals surface area contributed by atoms with Crippen LogP contribution in [0.25, 0.3) is 0 Å².